The van der Waals surface area contributed by atoms with Crippen molar-refractivity contribution in [2.24, 2.45) is 0 Å². The predicted molar refractivity (Wildman–Crippen MR) is 97.7 cm³/mol. The van der Waals surface area contributed by atoms with Crippen molar-refractivity contribution in [3.63, 3.8) is 0 Å². The lowest BCUT2D eigenvalue weighted by Crippen LogP contribution is -1.97. The second kappa shape index (κ2) is 7.89. The molecule has 3 aromatic rings. The van der Waals surface area contributed by atoms with Gasteiger partial charge < -0.3 is 14.3 Å². The molecule has 24 heavy (non-hydrogen) atoms. The van der Waals surface area contributed by atoms with Crippen molar-refractivity contribution in [1.82, 2.24) is 0 Å². The molecule has 0 amide bonds. The van der Waals surface area contributed by atoms with Gasteiger partial charge in [-0.2, -0.15) is 0 Å². The third-order valence-corrected chi connectivity index (χ3v) is 3.91. The van der Waals surface area contributed by atoms with Crippen molar-refractivity contribution in [2.75, 3.05) is 0 Å². The molecule has 3 aromatic carbocycles. The van der Waals surface area contributed by atoms with Gasteiger partial charge in [-0.25, -0.2) is 0 Å². The maximum atomic E-state index is 9.49. The van der Waals surface area contributed by atoms with Gasteiger partial charge in [0.05, 0.1) is 0 Å². The number of hydrogen-bond donors (Lipinski definition) is 2. The van der Waals surface area contributed by atoms with Crippen molar-refractivity contribution in [2.45, 2.75) is 0 Å². The first-order chi connectivity index (χ1) is 11.8. The Morgan fingerprint density at radius 1 is 0.583 bits per heavy atom. The predicted octanol–water partition coefficient (Wildman–Crippen LogP) is 4.83. The van der Waals surface area contributed by atoms with Crippen molar-refractivity contribution in [3.8, 4) is 0 Å². The second-order valence-electron chi connectivity index (χ2n) is 5.15. The molecule has 0 saturated carbocycles. The van der Waals surface area contributed by atoms with Crippen LogP contribution >= 0.6 is 8.60 Å². The standard InChI is InChI=1S/C20H17O3P/c21-24(22)23-20(18-14-8-3-9-15-18)19(16-10-4-1-5-11-16)17-12-6-2-7-13-17/h1-15,21-22H. The van der Waals surface area contributed by atoms with E-state index in [1.54, 1.807) is 0 Å². The lowest BCUT2D eigenvalue weighted by Gasteiger charge is -2.17. The summed E-state index contributed by atoms with van der Waals surface area (Å²) in [6, 6.07) is 29.1. The van der Waals surface area contributed by atoms with Crippen LogP contribution in [0.1, 0.15) is 16.7 Å². The van der Waals surface area contributed by atoms with Gasteiger partial charge in [-0.1, -0.05) is 91.0 Å². The Labute approximate surface area is 142 Å². The third-order valence-electron chi connectivity index (χ3n) is 3.56. The number of hydrogen-bond acceptors (Lipinski definition) is 3. The highest BCUT2D eigenvalue weighted by Crippen LogP contribution is 2.40. The lowest BCUT2D eigenvalue weighted by molar-refractivity contribution is 0.358. The summed E-state index contributed by atoms with van der Waals surface area (Å²) in [6.07, 6.45) is 0. The van der Waals surface area contributed by atoms with E-state index in [1.165, 1.54) is 0 Å². The molecule has 0 radical (unpaired) electrons. The third kappa shape index (κ3) is 3.90. The van der Waals surface area contributed by atoms with Gasteiger partial charge in [0.2, 0.25) is 0 Å². The smallest absolute Gasteiger partial charge is 0.391 e. The monoisotopic (exact) mass is 336 g/mol. The molecule has 4 heteroatoms. The molecule has 120 valence electrons. The summed E-state index contributed by atoms with van der Waals surface area (Å²) < 4.78 is 5.46. The van der Waals surface area contributed by atoms with Crippen molar-refractivity contribution in [3.05, 3.63) is 108 Å². The lowest BCUT2D eigenvalue weighted by atomic mass is 9.94. The minimum atomic E-state index is -2.53. The molecule has 0 aliphatic heterocycles. The van der Waals surface area contributed by atoms with Crippen molar-refractivity contribution >= 4 is 19.9 Å². The van der Waals surface area contributed by atoms with Crippen molar-refractivity contribution in [1.29, 1.82) is 0 Å². The zero-order valence-corrected chi connectivity index (χ0v) is 13.8. The summed E-state index contributed by atoms with van der Waals surface area (Å²) in [5.41, 5.74) is 3.49. The molecule has 0 aliphatic rings. The highest BCUT2D eigenvalue weighted by molar-refractivity contribution is 7.39. The molecule has 0 aliphatic carbocycles. The number of rotatable bonds is 5. The van der Waals surface area contributed by atoms with Crippen LogP contribution in [0.5, 0.6) is 0 Å². The average Bonchev–Trinajstić information content (AvgIpc) is 2.63. The molecule has 0 fully saturated rings. The van der Waals surface area contributed by atoms with Crippen LogP contribution in [-0.2, 0) is 4.52 Å². The van der Waals surface area contributed by atoms with Gasteiger partial charge in [-0.05, 0) is 11.1 Å². The van der Waals surface area contributed by atoms with Crippen LogP contribution in [-0.4, -0.2) is 9.79 Å². The van der Waals surface area contributed by atoms with E-state index in [9.17, 15) is 9.79 Å². The Balaban J connectivity index is 2.28. The van der Waals surface area contributed by atoms with E-state index in [1.807, 2.05) is 91.0 Å². The molecule has 0 spiro atoms. The van der Waals surface area contributed by atoms with Gasteiger partial charge in [0.1, 0.15) is 5.76 Å². The molecule has 0 atom stereocenters. The average molecular weight is 336 g/mol. The van der Waals surface area contributed by atoms with Crippen LogP contribution < -0.4 is 0 Å². The first-order valence-electron chi connectivity index (χ1n) is 7.52. The molecular weight excluding hydrogens is 319 g/mol. The highest BCUT2D eigenvalue weighted by Gasteiger charge is 2.18. The Morgan fingerprint density at radius 3 is 1.33 bits per heavy atom. The van der Waals surface area contributed by atoms with Crippen LogP contribution in [0.4, 0.5) is 0 Å². The second-order valence-corrected chi connectivity index (χ2v) is 5.83. The highest BCUT2D eigenvalue weighted by atomic mass is 31.2. The topological polar surface area (TPSA) is 49.7 Å². The molecule has 0 saturated heterocycles. The molecule has 0 aromatic heterocycles. The summed E-state index contributed by atoms with van der Waals surface area (Å²) in [6.45, 7) is 0. The fourth-order valence-electron chi connectivity index (χ4n) is 2.55. The van der Waals surface area contributed by atoms with E-state index in [-0.39, 0.29) is 0 Å². The van der Waals surface area contributed by atoms with Crippen LogP contribution in [0, 0.1) is 0 Å². The molecule has 2 N–H and O–H groups in total. The molecule has 0 unspecified atom stereocenters. The molecule has 0 heterocycles. The van der Waals surface area contributed by atoms with Crippen molar-refractivity contribution < 1.29 is 14.3 Å². The summed E-state index contributed by atoms with van der Waals surface area (Å²) in [7, 11) is -2.53. The SMILES string of the molecule is OP(O)OC(=C(c1ccccc1)c1ccccc1)c1ccccc1. The van der Waals surface area contributed by atoms with Gasteiger partial charge in [0, 0.05) is 11.1 Å². The Bertz CT molecular complexity index is 759. The van der Waals surface area contributed by atoms with Crippen LogP contribution in [0.25, 0.3) is 11.3 Å². The Hall–Kier alpha value is -2.45. The fraction of sp³-hybridized carbons (Fsp3) is 0. The van der Waals surface area contributed by atoms with E-state index >= 15 is 0 Å². The van der Waals surface area contributed by atoms with E-state index in [0.717, 1.165) is 22.3 Å². The Kier molecular flexibility index (Phi) is 5.39. The quantitative estimate of drug-likeness (QED) is 0.398. The maximum Gasteiger partial charge on any atom is 0.391 e. The molecule has 0 bridgehead atoms. The van der Waals surface area contributed by atoms with E-state index in [4.69, 9.17) is 4.52 Å². The summed E-state index contributed by atoms with van der Waals surface area (Å²) in [5.74, 6) is 0.448. The number of benzene rings is 3. The minimum absolute atomic E-state index is 0.448. The zero-order valence-electron chi connectivity index (χ0n) is 12.9. The van der Waals surface area contributed by atoms with Gasteiger partial charge in [-0.15, -0.1) is 0 Å². The minimum Gasteiger partial charge on any atom is -0.426 e. The van der Waals surface area contributed by atoms with Crippen LogP contribution in [0.15, 0.2) is 91.0 Å². The largest absolute Gasteiger partial charge is 0.426 e. The van der Waals surface area contributed by atoms with E-state index in [0.29, 0.717) is 5.76 Å². The molecular formula is C20H17O3P. The first-order valence-corrected chi connectivity index (χ1v) is 8.68. The zero-order chi connectivity index (χ0) is 16.8. The van der Waals surface area contributed by atoms with Gasteiger partial charge >= 0.3 is 8.60 Å². The van der Waals surface area contributed by atoms with Gasteiger partial charge in [-0.3, -0.25) is 0 Å². The summed E-state index contributed by atoms with van der Waals surface area (Å²) in [4.78, 5) is 19.0. The maximum absolute atomic E-state index is 9.49. The van der Waals surface area contributed by atoms with Crippen LogP contribution in [0.3, 0.4) is 0 Å². The van der Waals surface area contributed by atoms with Gasteiger partial charge in [0.25, 0.3) is 0 Å². The summed E-state index contributed by atoms with van der Waals surface area (Å²) >= 11 is 0. The fourth-order valence-corrected chi connectivity index (χ4v) is 2.91. The molecule has 3 rings (SSSR count). The van der Waals surface area contributed by atoms with Gasteiger partial charge in [0.15, 0.2) is 0 Å². The first kappa shape index (κ1) is 16.4. The van der Waals surface area contributed by atoms with E-state index in [2.05, 4.69) is 0 Å². The normalized spacial score (nSPS) is 10.5. The summed E-state index contributed by atoms with van der Waals surface area (Å²) in [5, 5.41) is 0. The van der Waals surface area contributed by atoms with Crippen LogP contribution in [0.2, 0.25) is 0 Å². The Morgan fingerprint density at radius 2 is 0.958 bits per heavy atom. The van der Waals surface area contributed by atoms with E-state index < -0.39 is 8.60 Å². The molecule has 3 nitrogen and oxygen atoms in total.